The summed E-state index contributed by atoms with van der Waals surface area (Å²) in [6, 6.07) is 13.0. The van der Waals surface area contributed by atoms with Crippen molar-refractivity contribution < 1.29 is 51.6 Å². The first-order valence-corrected chi connectivity index (χ1v) is 18.5. The molecule has 50 heavy (non-hydrogen) atoms. The number of likely N-dealkylation sites (tertiary alicyclic amines) is 1. The maximum atomic E-state index is 14.7. The van der Waals surface area contributed by atoms with Gasteiger partial charge in [0.1, 0.15) is 22.7 Å². The zero-order valence-electron chi connectivity index (χ0n) is 28.1. The summed E-state index contributed by atoms with van der Waals surface area (Å²) in [6.45, 7) is 6.28. The summed E-state index contributed by atoms with van der Waals surface area (Å²) in [5.41, 5.74) is -5.50. The van der Waals surface area contributed by atoms with Crippen molar-refractivity contribution in [3.63, 3.8) is 0 Å². The maximum absolute atomic E-state index is 14.7. The summed E-state index contributed by atoms with van der Waals surface area (Å²) in [6.07, 6.45) is -3.28. The first kappa shape index (κ1) is 33.2. The lowest BCUT2D eigenvalue weighted by atomic mass is 9.52. The summed E-state index contributed by atoms with van der Waals surface area (Å²) in [5, 5.41) is 12.9. The van der Waals surface area contributed by atoms with Crippen LogP contribution in [0.4, 0.5) is 0 Å². The molecule has 2 aromatic carbocycles. The van der Waals surface area contributed by atoms with E-state index in [4.69, 9.17) is 18.9 Å². The second kappa shape index (κ2) is 11.0. The van der Waals surface area contributed by atoms with Gasteiger partial charge >= 0.3 is 17.9 Å². The average Bonchev–Trinajstić information content (AvgIpc) is 3.84. The van der Waals surface area contributed by atoms with Gasteiger partial charge in [0, 0.05) is 32.5 Å². The molecule has 1 aliphatic carbocycles. The van der Waals surface area contributed by atoms with Gasteiger partial charge in [-0.25, -0.2) is 13.2 Å². The van der Waals surface area contributed by atoms with Crippen molar-refractivity contribution in [3.8, 4) is 5.75 Å². The predicted octanol–water partition coefficient (Wildman–Crippen LogP) is 2.44. The Morgan fingerprint density at radius 1 is 1.04 bits per heavy atom. The minimum atomic E-state index is -3.78. The van der Waals surface area contributed by atoms with E-state index < -0.39 is 80.5 Å². The van der Waals surface area contributed by atoms with Gasteiger partial charge in [0.25, 0.3) is 5.91 Å². The van der Waals surface area contributed by atoms with Crippen molar-refractivity contribution in [2.75, 3.05) is 26.2 Å². The topological polar surface area (TPSA) is 166 Å². The number of carbonyl (C=O) groups is 4. The molecule has 266 valence electrons. The van der Waals surface area contributed by atoms with Gasteiger partial charge in [0.2, 0.25) is 10.0 Å². The van der Waals surface area contributed by atoms with Gasteiger partial charge in [-0.3, -0.25) is 14.4 Å². The number of esters is 3. The SMILES string of the molecule is CC(C)(C)[C@]1(O)C[C@@H]2OC(=O)C[C@@]23C(=O)O[C@@H]2N(CC4CCN(S(=O)(=O)c5ccc6c(c5)CCO6)CC4)C(=O)[C@H](OC(=O)c4ccccc4)[C@]213. The molecule has 8 rings (SSSR count). The molecule has 5 fully saturated rings. The average molecular weight is 709 g/mol. The van der Waals surface area contributed by atoms with E-state index in [1.54, 1.807) is 57.2 Å². The van der Waals surface area contributed by atoms with Crippen LogP contribution >= 0.6 is 0 Å². The number of hydrogen-bond donors (Lipinski definition) is 1. The molecule has 0 unspecified atom stereocenters. The molecule has 2 spiro atoms. The third-order valence-electron chi connectivity index (χ3n) is 12.1. The molecular formula is C36H40N2O11S. The molecule has 0 bridgehead atoms. The summed E-state index contributed by atoms with van der Waals surface area (Å²) < 4.78 is 52.0. The predicted molar refractivity (Wildman–Crippen MR) is 173 cm³/mol. The van der Waals surface area contributed by atoms with Crippen LogP contribution in [0, 0.1) is 22.2 Å². The Balaban J connectivity index is 1.12. The monoisotopic (exact) mass is 708 g/mol. The second-order valence-corrected chi connectivity index (χ2v) is 17.4. The van der Waals surface area contributed by atoms with E-state index in [0.29, 0.717) is 31.6 Å². The zero-order valence-corrected chi connectivity index (χ0v) is 28.9. The number of rotatable bonds is 6. The lowest BCUT2D eigenvalue weighted by Crippen LogP contribution is -2.66. The highest BCUT2D eigenvalue weighted by molar-refractivity contribution is 7.89. The van der Waals surface area contributed by atoms with E-state index in [0.717, 1.165) is 5.56 Å². The van der Waals surface area contributed by atoms with Crippen LogP contribution in [0.25, 0.3) is 0 Å². The van der Waals surface area contributed by atoms with Gasteiger partial charge < -0.3 is 29.0 Å². The van der Waals surface area contributed by atoms with Crippen LogP contribution in [0.5, 0.6) is 5.75 Å². The number of ether oxygens (including phenoxy) is 4. The second-order valence-electron chi connectivity index (χ2n) is 15.4. The number of benzene rings is 2. The van der Waals surface area contributed by atoms with Crippen molar-refractivity contribution in [3.05, 3.63) is 59.7 Å². The largest absolute Gasteiger partial charge is 0.493 e. The van der Waals surface area contributed by atoms with Gasteiger partial charge in [-0.15, -0.1) is 0 Å². The molecule has 6 aliphatic rings. The van der Waals surface area contributed by atoms with Crippen LogP contribution in [-0.4, -0.2) is 96.8 Å². The molecule has 0 aromatic heterocycles. The van der Waals surface area contributed by atoms with Crippen molar-refractivity contribution >= 4 is 33.8 Å². The third-order valence-corrected chi connectivity index (χ3v) is 14.0. The molecule has 1 saturated carbocycles. The summed E-state index contributed by atoms with van der Waals surface area (Å²) in [5.74, 6) is -2.43. The minimum Gasteiger partial charge on any atom is -0.493 e. The van der Waals surface area contributed by atoms with Crippen LogP contribution in [-0.2, 0) is 45.0 Å². The Morgan fingerprint density at radius 3 is 2.46 bits per heavy atom. The molecule has 13 nitrogen and oxygen atoms in total. The normalized spacial score (nSPS) is 33.7. The molecule has 14 heteroatoms. The number of nitrogens with zero attached hydrogens (tertiary/aromatic N) is 2. The van der Waals surface area contributed by atoms with Crippen LogP contribution < -0.4 is 4.74 Å². The molecular weight excluding hydrogens is 668 g/mol. The molecule has 6 atom stereocenters. The molecule has 4 saturated heterocycles. The van der Waals surface area contributed by atoms with Crippen molar-refractivity contribution in [1.82, 2.24) is 9.21 Å². The zero-order chi connectivity index (χ0) is 35.4. The van der Waals surface area contributed by atoms with Gasteiger partial charge in [-0.1, -0.05) is 39.0 Å². The number of carbonyl (C=O) groups excluding carboxylic acids is 4. The smallest absolute Gasteiger partial charge is 0.338 e. The van der Waals surface area contributed by atoms with E-state index in [2.05, 4.69) is 0 Å². The number of piperidine rings is 1. The van der Waals surface area contributed by atoms with Crippen LogP contribution in [0.1, 0.15) is 62.4 Å². The van der Waals surface area contributed by atoms with Crippen molar-refractivity contribution in [2.45, 2.75) is 81.8 Å². The lowest BCUT2D eigenvalue weighted by molar-refractivity contribution is -0.212. The van der Waals surface area contributed by atoms with Crippen molar-refractivity contribution in [2.24, 2.45) is 22.2 Å². The number of sulfonamides is 1. The standard InChI is InChI=1S/C36H40N2O11S/c1-33(2,3)35(43)18-26-34(19-27(39)47-26)32(42)49-31-36(34,35)28(48-30(41)22-7-5-4-6-8-22)29(40)38(31)20-21-11-14-37(15-12-21)50(44,45)24-9-10-25-23(17-24)13-16-46-25/h4-10,17,21,26,28,31,43H,11-16,18-20H2,1-3H3/t26-,28-,31-,34-,35+,36+/m0/s1. The molecule has 5 aliphatic heterocycles. The first-order valence-electron chi connectivity index (χ1n) is 17.1. The van der Waals surface area contributed by atoms with Gasteiger partial charge in [-0.05, 0) is 60.1 Å². The van der Waals surface area contributed by atoms with Crippen LogP contribution in [0.3, 0.4) is 0 Å². The molecule has 1 N–H and O–H groups in total. The fourth-order valence-electron chi connectivity index (χ4n) is 9.61. The molecule has 2 aromatic rings. The van der Waals surface area contributed by atoms with Gasteiger partial charge in [0.15, 0.2) is 12.3 Å². The maximum Gasteiger partial charge on any atom is 0.338 e. The van der Waals surface area contributed by atoms with Crippen LogP contribution in [0.2, 0.25) is 0 Å². The quantitative estimate of drug-likeness (QED) is 0.346. The Bertz CT molecular complexity index is 1900. The number of aliphatic hydroxyl groups is 1. The highest BCUT2D eigenvalue weighted by Crippen LogP contribution is 2.76. The van der Waals surface area contributed by atoms with Crippen LogP contribution in [0.15, 0.2) is 53.4 Å². The number of fused-ring (bicyclic) bond motifs is 1. The van der Waals surface area contributed by atoms with E-state index in [-0.39, 0.29) is 42.4 Å². The Morgan fingerprint density at radius 2 is 1.76 bits per heavy atom. The number of hydrogen-bond acceptors (Lipinski definition) is 11. The van der Waals surface area contributed by atoms with Gasteiger partial charge in [-0.2, -0.15) is 4.31 Å². The van der Waals surface area contributed by atoms with E-state index in [1.807, 2.05) is 0 Å². The molecule has 1 amide bonds. The fraction of sp³-hybridized carbons (Fsp3) is 0.556. The fourth-order valence-corrected chi connectivity index (χ4v) is 11.1. The number of amides is 1. The Labute approximate surface area is 289 Å². The van der Waals surface area contributed by atoms with Crippen molar-refractivity contribution in [1.29, 1.82) is 0 Å². The first-order chi connectivity index (χ1) is 23.6. The highest BCUT2D eigenvalue weighted by Gasteiger charge is 2.93. The van der Waals surface area contributed by atoms with Gasteiger partial charge in [0.05, 0.1) is 29.1 Å². The van der Waals surface area contributed by atoms with E-state index >= 15 is 0 Å². The summed E-state index contributed by atoms with van der Waals surface area (Å²) in [7, 11) is -3.78. The minimum absolute atomic E-state index is 0.0533. The van der Waals surface area contributed by atoms with E-state index in [9.17, 15) is 32.7 Å². The Hall–Kier alpha value is -4.01. The molecule has 0 radical (unpaired) electrons. The summed E-state index contributed by atoms with van der Waals surface area (Å²) in [4.78, 5) is 56.9. The molecule has 5 heterocycles. The summed E-state index contributed by atoms with van der Waals surface area (Å²) >= 11 is 0. The lowest BCUT2D eigenvalue weighted by Gasteiger charge is -2.51. The third kappa shape index (κ3) is 4.27. The van der Waals surface area contributed by atoms with E-state index in [1.165, 1.54) is 21.3 Å². The Kier molecular flexibility index (Phi) is 7.29. The highest BCUT2D eigenvalue weighted by atomic mass is 32.2.